The zero-order valence-electron chi connectivity index (χ0n) is 20.0. The van der Waals surface area contributed by atoms with E-state index in [1.807, 2.05) is 18.3 Å². The molecule has 0 saturated heterocycles. The molecule has 166 valence electrons. The minimum Gasteiger partial charge on any atom is -0.455 e. The molecule has 0 fully saturated rings. The van der Waals surface area contributed by atoms with Crippen LogP contribution in [0.4, 0.5) is 0 Å². The van der Waals surface area contributed by atoms with Crippen molar-refractivity contribution in [2.45, 2.75) is 33.1 Å². The highest BCUT2D eigenvalue weighted by Crippen LogP contribution is 2.37. The Balaban J connectivity index is 1.49. The van der Waals surface area contributed by atoms with Gasteiger partial charge in [-0.05, 0) is 69.6 Å². The molecule has 0 saturated carbocycles. The van der Waals surface area contributed by atoms with E-state index in [1.54, 1.807) is 0 Å². The number of aromatic nitrogens is 1. The predicted molar refractivity (Wildman–Crippen MR) is 143 cm³/mol. The number of aryl methyl sites for hydroxylation is 1. The van der Waals surface area contributed by atoms with Crippen LogP contribution in [0.2, 0.25) is 0 Å². The number of para-hydroxylation sites is 2. The zero-order chi connectivity index (χ0) is 23.4. The lowest BCUT2D eigenvalue weighted by Crippen LogP contribution is -2.10. The van der Waals surface area contributed by atoms with E-state index in [9.17, 15) is 0 Å². The highest BCUT2D eigenvalue weighted by Gasteiger charge is 2.16. The van der Waals surface area contributed by atoms with E-state index in [0.717, 1.165) is 38.8 Å². The zero-order valence-corrected chi connectivity index (χ0v) is 20.0. The summed E-state index contributed by atoms with van der Waals surface area (Å²) in [5.74, 6) is 0. The van der Waals surface area contributed by atoms with Crippen molar-refractivity contribution in [3.05, 3.63) is 102 Å². The lowest BCUT2D eigenvalue weighted by Gasteiger charge is -2.19. The van der Waals surface area contributed by atoms with E-state index in [-0.39, 0.29) is 5.41 Å². The van der Waals surface area contributed by atoms with Gasteiger partial charge in [0.2, 0.25) is 0 Å². The van der Waals surface area contributed by atoms with Crippen molar-refractivity contribution in [1.29, 1.82) is 0 Å². The van der Waals surface area contributed by atoms with E-state index in [0.29, 0.717) is 0 Å². The Morgan fingerprint density at radius 1 is 0.706 bits per heavy atom. The van der Waals surface area contributed by atoms with Crippen LogP contribution >= 0.6 is 0 Å². The summed E-state index contributed by atoms with van der Waals surface area (Å²) in [5.41, 5.74) is 8.79. The van der Waals surface area contributed by atoms with Gasteiger partial charge in [0.25, 0.3) is 0 Å². The van der Waals surface area contributed by atoms with Crippen molar-refractivity contribution in [2.75, 3.05) is 0 Å². The van der Waals surface area contributed by atoms with Crippen LogP contribution in [0.25, 0.3) is 55.1 Å². The molecular formula is C32H27NO. The van der Waals surface area contributed by atoms with Crippen molar-refractivity contribution in [3.63, 3.8) is 0 Å². The van der Waals surface area contributed by atoms with Crippen LogP contribution in [-0.4, -0.2) is 4.98 Å². The number of hydrogen-bond acceptors (Lipinski definition) is 2. The maximum absolute atomic E-state index is 6.27. The lowest BCUT2D eigenvalue weighted by molar-refractivity contribution is 0.591. The SMILES string of the molecule is Cc1cnc(-c2cccc3c2oc2ccccc23)cc1-c1ccc2cc(C(C)(C)C)ccc2c1. The molecule has 0 aliphatic rings. The molecule has 6 rings (SSSR count). The summed E-state index contributed by atoms with van der Waals surface area (Å²) in [5, 5.41) is 4.78. The van der Waals surface area contributed by atoms with Crippen LogP contribution in [-0.2, 0) is 5.41 Å². The fourth-order valence-electron chi connectivity index (χ4n) is 4.81. The maximum atomic E-state index is 6.27. The molecule has 0 unspecified atom stereocenters. The second-order valence-corrected chi connectivity index (χ2v) is 10.2. The van der Waals surface area contributed by atoms with E-state index in [2.05, 4.69) is 100 Å². The number of pyridine rings is 1. The van der Waals surface area contributed by atoms with Crippen LogP contribution in [0, 0.1) is 6.92 Å². The van der Waals surface area contributed by atoms with Crippen LogP contribution in [0.3, 0.4) is 0 Å². The van der Waals surface area contributed by atoms with Crippen LogP contribution in [0.15, 0.2) is 95.5 Å². The van der Waals surface area contributed by atoms with Gasteiger partial charge in [-0.2, -0.15) is 0 Å². The molecule has 2 heteroatoms. The quantitative estimate of drug-likeness (QED) is 0.268. The Hall–Kier alpha value is -3.91. The second kappa shape index (κ2) is 7.56. The number of benzene rings is 4. The minimum atomic E-state index is 0.140. The Labute approximate surface area is 199 Å². The molecule has 0 spiro atoms. The summed E-state index contributed by atoms with van der Waals surface area (Å²) in [6.07, 6.45) is 1.97. The van der Waals surface area contributed by atoms with E-state index in [1.165, 1.54) is 27.5 Å². The second-order valence-electron chi connectivity index (χ2n) is 10.2. The number of nitrogens with zero attached hydrogens (tertiary/aromatic N) is 1. The molecule has 0 atom stereocenters. The summed E-state index contributed by atoms with van der Waals surface area (Å²) in [6.45, 7) is 8.90. The van der Waals surface area contributed by atoms with Crippen molar-refractivity contribution in [1.82, 2.24) is 4.98 Å². The molecule has 0 aliphatic heterocycles. The van der Waals surface area contributed by atoms with Gasteiger partial charge in [-0.3, -0.25) is 4.98 Å². The number of rotatable bonds is 2. The molecule has 0 bridgehead atoms. The molecule has 0 amide bonds. The fraction of sp³-hybridized carbons (Fsp3) is 0.156. The highest BCUT2D eigenvalue weighted by molar-refractivity contribution is 6.09. The molecule has 2 aromatic heterocycles. The third-order valence-corrected chi connectivity index (χ3v) is 6.80. The topological polar surface area (TPSA) is 26.0 Å². The molecule has 34 heavy (non-hydrogen) atoms. The average molecular weight is 442 g/mol. The van der Waals surface area contributed by atoms with Crippen LogP contribution < -0.4 is 0 Å². The minimum absolute atomic E-state index is 0.140. The van der Waals surface area contributed by atoms with Gasteiger partial charge in [-0.15, -0.1) is 0 Å². The van der Waals surface area contributed by atoms with Gasteiger partial charge >= 0.3 is 0 Å². The van der Waals surface area contributed by atoms with Crippen LogP contribution in [0.1, 0.15) is 31.9 Å². The van der Waals surface area contributed by atoms with Crippen molar-refractivity contribution in [2.24, 2.45) is 0 Å². The Kier molecular flexibility index (Phi) is 4.60. The Morgan fingerprint density at radius 2 is 1.47 bits per heavy atom. The number of hydrogen-bond donors (Lipinski definition) is 0. The molecule has 2 heterocycles. The average Bonchev–Trinajstić information content (AvgIpc) is 3.22. The first-order valence-electron chi connectivity index (χ1n) is 11.8. The Morgan fingerprint density at radius 3 is 2.32 bits per heavy atom. The summed E-state index contributed by atoms with van der Waals surface area (Å²) in [6, 6.07) is 30.2. The summed E-state index contributed by atoms with van der Waals surface area (Å²) < 4.78 is 6.27. The first-order chi connectivity index (χ1) is 16.4. The van der Waals surface area contributed by atoms with Gasteiger partial charge < -0.3 is 4.42 Å². The smallest absolute Gasteiger partial charge is 0.144 e. The van der Waals surface area contributed by atoms with Gasteiger partial charge in [0, 0.05) is 22.5 Å². The van der Waals surface area contributed by atoms with Gasteiger partial charge in [0.05, 0.1) is 5.69 Å². The van der Waals surface area contributed by atoms with E-state index < -0.39 is 0 Å². The molecular weight excluding hydrogens is 414 g/mol. The van der Waals surface area contributed by atoms with Crippen molar-refractivity contribution >= 4 is 32.7 Å². The number of fused-ring (bicyclic) bond motifs is 4. The monoisotopic (exact) mass is 441 g/mol. The molecule has 6 aromatic rings. The third-order valence-electron chi connectivity index (χ3n) is 6.80. The van der Waals surface area contributed by atoms with Crippen LogP contribution in [0.5, 0.6) is 0 Å². The van der Waals surface area contributed by atoms with Gasteiger partial charge in [0.1, 0.15) is 11.2 Å². The Bertz CT molecular complexity index is 1700. The highest BCUT2D eigenvalue weighted by atomic mass is 16.3. The maximum Gasteiger partial charge on any atom is 0.144 e. The van der Waals surface area contributed by atoms with Gasteiger partial charge in [0.15, 0.2) is 0 Å². The predicted octanol–water partition coefficient (Wildman–Crippen LogP) is 9.07. The molecule has 0 radical (unpaired) electrons. The lowest BCUT2D eigenvalue weighted by atomic mass is 9.85. The summed E-state index contributed by atoms with van der Waals surface area (Å²) >= 11 is 0. The van der Waals surface area contributed by atoms with Gasteiger partial charge in [-0.25, -0.2) is 0 Å². The van der Waals surface area contributed by atoms with Crippen molar-refractivity contribution in [3.8, 4) is 22.4 Å². The standard InChI is InChI=1S/C32H27NO/c1-20-19-33-29(27-10-7-9-26-25-8-5-6-11-30(25)34-31(26)27)18-28(20)23-13-12-22-17-24(32(2,3)4)15-14-21(22)16-23/h5-19H,1-4H3. The van der Waals surface area contributed by atoms with Crippen molar-refractivity contribution < 1.29 is 4.42 Å². The molecule has 0 N–H and O–H groups in total. The van der Waals surface area contributed by atoms with E-state index >= 15 is 0 Å². The molecule has 0 aliphatic carbocycles. The number of furan rings is 1. The first kappa shape index (κ1) is 20.7. The third kappa shape index (κ3) is 3.38. The fourth-order valence-corrected chi connectivity index (χ4v) is 4.81. The summed E-state index contributed by atoms with van der Waals surface area (Å²) in [7, 11) is 0. The molecule has 2 nitrogen and oxygen atoms in total. The summed E-state index contributed by atoms with van der Waals surface area (Å²) in [4.78, 5) is 4.80. The largest absolute Gasteiger partial charge is 0.455 e. The normalized spacial score (nSPS) is 12.1. The first-order valence-corrected chi connectivity index (χ1v) is 11.8. The van der Waals surface area contributed by atoms with Gasteiger partial charge in [-0.1, -0.05) is 81.4 Å². The van der Waals surface area contributed by atoms with E-state index in [4.69, 9.17) is 9.40 Å². The molecule has 4 aromatic carbocycles.